The standard InChI is InChI=1S/C21H21F4NO3/c1-29-17-7-4-5-14(11-17)12-19(27)26-10-3-2-6-15-13-16(8-9-18(15)26)20(22,28)21(23,24)25/h4-5,7-9,11,13,28H,2-3,6,10,12H2,1H3. The molecule has 0 saturated heterocycles. The lowest BCUT2D eigenvalue weighted by molar-refractivity contribution is -0.323. The lowest BCUT2D eigenvalue weighted by Gasteiger charge is -2.26. The Hall–Kier alpha value is -2.61. The van der Waals surface area contributed by atoms with Crippen LogP contribution in [0.25, 0.3) is 0 Å². The molecule has 1 unspecified atom stereocenters. The van der Waals surface area contributed by atoms with Crippen molar-refractivity contribution in [3.63, 3.8) is 0 Å². The van der Waals surface area contributed by atoms with Crippen LogP contribution in [0.3, 0.4) is 0 Å². The van der Waals surface area contributed by atoms with E-state index in [1.165, 1.54) is 18.1 Å². The normalized spacial score (nSPS) is 16.6. The quantitative estimate of drug-likeness (QED) is 0.764. The number of rotatable bonds is 4. The van der Waals surface area contributed by atoms with Gasteiger partial charge >= 0.3 is 12.0 Å². The lowest BCUT2D eigenvalue weighted by Crippen LogP contribution is -2.38. The highest BCUT2D eigenvalue weighted by Crippen LogP contribution is 2.42. The van der Waals surface area contributed by atoms with Crippen LogP contribution in [0.2, 0.25) is 0 Å². The van der Waals surface area contributed by atoms with Gasteiger partial charge in [0, 0.05) is 17.8 Å². The van der Waals surface area contributed by atoms with E-state index in [-0.39, 0.29) is 12.3 Å². The Morgan fingerprint density at radius 1 is 1.14 bits per heavy atom. The molecule has 29 heavy (non-hydrogen) atoms. The van der Waals surface area contributed by atoms with Crippen molar-refractivity contribution in [2.45, 2.75) is 37.7 Å². The lowest BCUT2D eigenvalue weighted by atomic mass is 9.99. The number of ether oxygens (including phenoxy) is 1. The fourth-order valence-corrected chi connectivity index (χ4v) is 3.44. The van der Waals surface area contributed by atoms with Crippen molar-refractivity contribution in [1.29, 1.82) is 0 Å². The van der Waals surface area contributed by atoms with Gasteiger partial charge in [-0.1, -0.05) is 18.2 Å². The van der Waals surface area contributed by atoms with Crippen molar-refractivity contribution in [3.8, 4) is 5.75 Å². The summed E-state index contributed by atoms with van der Waals surface area (Å²) in [7, 11) is 1.52. The van der Waals surface area contributed by atoms with Gasteiger partial charge in [0.15, 0.2) is 0 Å². The van der Waals surface area contributed by atoms with E-state index < -0.39 is 17.6 Å². The van der Waals surface area contributed by atoms with E-state index in [4.69, 9.17) is 4.74 Å². The number of alkyl halides is 4. The van der Waals surface area contributed by atoms with Crippen LogP contribution in [-0.2, 0) is 23.5 Å². The van der Waals surface area contributed by atoms with Crippen LogP contribution in [0.4, 0.5) is 23.2 Å². The van der Waals surface area contributed by atoms with E-state index in [0.29, 0.717) is 42.8 Å². The van der Waals surface area contributed by atoms with Crippen LogP contribution < -0.4 is 9.64 Å². The number of aryl methyl sites for hydroxylation is 1. The first-order chi connectivity index (χ1) is 13.6. The number of halogens is 4. The number of aliphatic hydroxyl groups is 1. The number of methoxy groups -OCH3 is 1. The maximum absolute atomic E-state index is 14.0. The third kappa shape index (κ3) is 4.37. The van der Waals surface area contributed by atoms with E-state index in [2.05, 4.69) is 0 Å². The molecule has 4 nitrogen and oxygen atoms in total. The maximum Gasteiger partial charge on any atom is 0.453 e. The fraction of sp³-hybridized carbons (Fsp3) is 0.381. The Morgan fingerprint density at radius 2 is 1.90 bits per heavy atom. The zero-order valence-electron chi connectivity index (χ0n) is 15.8. The minimum Gasteiger partial charge on any atom is -0.497 e. The van der Waals surface area contributed by atoms with Crippen LogP contribution >= 0.6 is 0 Å². The molecule has 2 aromatic rings. The van der Waals surface area contributed by atoms with Crippen molar-refractivity contribution in [2.24, 2.45) is 0 Å². The van der Waals surface area contributed by atoms with Crippen LogP contribution in [0.15, 0.2) is 42.5 Å². The predicted octanol–water partition coefficient (Wildman–Crippen LogP) is 4.28. The molecule has 1 N–H and O–H groups in total. The molecule has 0 radical (unpaired) electrons. The molecule has 1 heterocycles. The van der Waals surface area contributed by atoms with E-state index in [1.54, 1.807) is 24.3 Å². The molecule has 0 aliphatic carbocycles. The molecule has 0 aromatic heterocycles. The van der Waals surface area contributed by atoms with Crippen molar-refractivity contribution < 1.29 is 32.2 Å². The molecular formula is C21H21F4NO3. The Bertz CT molecular complexity index is 896. The first-order valence-corrected chi connectivity index (χ1v) is 9.18. The molecule has 0 spiro atoms. The summed E-state index contributed by atoms with van der Waals surface area (Å²) in [5.41, 5.74) is 0.703. The Kier molecular flexibility index (Phi) is 5.84. The minimum atomic E-state index is -5.45. The largest absolute Gasteiger partial charge is 0.497 e. The monoisotopic (exact) mass is 411 g/mol. The molecule has 0 fully saturated rings. The number of anilines is 1. The molecule has 156 valence electrons. The molecular weight excluding hydrogens is 390 g/mol. The summed E-state index contributed by atoms with van der Waals surface area (Å²) in [6.45, 7) is 0.411. The van der Waals surface area contributed by atoms with Gasteiger partial charge in [0.1, 0.15) is 5.75 Å². The molecule has 1 aliphatic heterocycles. The average Bonchev–Trinajstić information content (AvgIpc) is 2.89. The topological polar surface area (TPSA) is 49.8 Å². The Morgan fingerprint density at radius 3 is 2.59 bits per heavy atom. The smallest absolute Gasteiger partial charge is 0.453 e. The highest BCUT2D eigenvalue weighted by molar-refractivity contribution is 5.95. The summed E-state index contributed by atoms with van der Waals surface area (Å²) in [5, 5.41) is 9.33. The van der Waals surface area contributed by atoms with Crippen molar-refractivity contribution in [2.75, 3.05) is 18.6 Å². The van der Waals surface area contributed by atoms with E-state index in [0.717, 1.165) is 17.7 Å². The molecule has 3 rings (SSSR count). The van der Waals surface area contributed by atoms with Crippen molar-refractivity contribution >= 4 is 11.6 Å². The Labute approximate surface area is 165 Å². The summed E-state index contributed by atoms with van der Waals surface area (Å²) >= 11 is 0. The van der Waals surface area contributed by atoms with Gasteiger partial charge in [0.05, 0.1) is 13.5 Å². The summed E-state index contributed by atoms with van der Waals surface area (Å²) < 4.78 is 57.6. The van der Waals surface area contributed by atoms with Crippen LogP contribution in [0, 0.1) is 0 Å². The van der Waals surface area contributed by atoms with E-state index in [1.807, 2.05) is 0 Å². The van der Waals surface area contributed by atoms with Gasteiger partial charge in [-0.2, -0.15) is 17.6 Å². The molecule has 0 saturated carbocycles. The number of carbonyl (C=O) groups excluding carboxylic acids is 1. The average molecular weight is 411 g/mol. The second-order valence-electron chi connectivity index (χ2n) is 6.99. The van der Waals surface area contributed by atoms with Gasteiger partial charge in [0.2, 0.25) is 5.91 Å². The third-order valence-electron chi connectivity index (χ3n) is 5.00. The van der Waals surface area contributed by atoms with Gasteiger partial charge in [0.25, 0.3) is 0 Å². The highest BCUT2D eigenvalue weighted by atomic mass is 19.4. The first-order valence-electron chi connectivity index (χ1n) is 9.18. The van der Waals surface area contributed by atoms with Crippen molar-refractivity contribution in [1.82, 2.24) is 0 Å². The maximum atomic E-state index is 14.0. The third-order valence-corrected chi connectivity index (χ3v) is 5.00. The SMILES string of the molecule is COc1cccc(CC(=O)N2CCCCc3cc(C(O)(F)C(F)(F)F)ccc32)c1. The number of hydrogen-bond acceptors (Lipinski definition) is 3. The second kappa shape index (κ2) is 8.02. The molecule has 1 aliphatic rings. The zero-order valence-corrected chi connectivity index (χ0v) is 15.8. The highest BCUT2D eigenvalue weighted by Gasteiger charge is 2.56. The number of fused-ring (bicyclic) bond motifs is 1. The van der Waals surface area contributed by atoms with Crippen LogP contribution in [0.1, 0.15) is 29.5 Å². The van der Waals surface area contributed by atoms with Gasteiger partial charge < -0.3 is 14.7 Å². The number of hydrogen-bond donors (Lipinski definition) is 1. The van der Waals surface area contributed by atoms with Gasteiger partial charge in [-0.25, -0.2) is 0 Å². The van der Waals surface area contributed by atoms with E-state index in [9.17, 15) is 27.5 Å². The molecule has 8 heteroatoms. The molecule has 1 atom stereocenters. The van der Waals surface area contributed by atoms with E-state index >= 15 is 0 Å². The summed E-state index contributed by atoms with van der Waals surface area (Å²) in [4.78, 5) is 14.4. The number of benzene rings is 2. The summed E-state index contributed by atoms with van der Waals surface area (Å²) in [6, 6.07) is 10.2. The predicted molar refractivity (Wildman–Crippen MR) is 99.5 cm³/mol. The van der Waals surface area contributed by atoms with Crippen LogP contribution in [0.5, 0.6) is 5.75 Å². The Balaban J connectivity index is 1.90. The molecule has 1 amide bonds. The first kappa shape index (κ1) is 21.1. The van der Waals surface area contributed by atoms with Gasteiger partial charge in [-0.15, -0.1) is 0 Å². The molecule has 2 aromatic carbocycles. The number of amides is 1. The fourth-order valence-electron chi connectivity index (χ4n) is 3.44. The molecule has 0 bridgehead atoms. The second-order valence-corrected chi connectivity index (χ2v) is 6.99. The minimum absolute atomic E-state index is 0.0913. The summed E-state index contributed by atoms with van der Waals surface area (Å²) in [5.74, 6) is -4.05. The summed E-state index contributed by atoms with van der Waals surface area (Å²) in [6.07, 6.45) is -3.68. The van der Waals surface area contributed by atoms with Crippen LogP contribution in [-0.4, -0.2) is 30.8 Å². The van der Waals surface area contributed by atoms with Gasteiger partial charge in [-0.3, -0.25) is 4.79 Å². The number of nitrogens with zero attached hydrogens (tertiary/aromatic N) is 1. The zero-order chi connectivity index (χ0) is 21.2. The number of carbonyl (C=O) groups is 1. The van der Waals surface area contributed by atoms with Gasteiger partial charge in [-0.05, 0) is 54.7 Å². The van der Waals surface area contributed by atoms with Crippen molar-refractivity contribution in [3.05, 3.63) is 59.2 Å².